The summed E-state index contributed by atoms with van der Waals surface area (Å²) in [4.78, 5) is 23.2. The highest BCUT2D eigenvalue weighted by molar-refractivity contribution is 6.08. The summed E-state index contributed by atoms with van der Waals surface area (Å²) in [6.07, 6.45) is 4.99. The van der Waals surface area contributed by atoms with Crippen LogP contribution >= 0.6 is 0 Å². The second kappa shape index (κ2) is 7.88. The van der Waals surface area contributed by atoms with Gasteiger partial charge in [0, 0.05) is 24.7 Å². The van der Waals surface area contributed by atoms with Gasteiger partial charge in [0.15, 0.2) is 0 Å². The Morgan fingerprint density at radius 3 is 2.87 bits per heavy atom. The number of benzene rings is 1. The Balaban J connectivity index is 1.59. The van der Waals surface area contributed by atoms with Crippen molar-refractivity contribution in [1.82, 2.24) is 14.9 Å². The molecule has 1 aromatic heterocycles. The molecule has 1 unspecified atom stereocenters. The van der Waals surface area contributed by atoms with E-state index in [4.69, 9.17) is 5.26 Å². The minimum Gasteiger partial charge on any atom is -0.384 e. The van der Waals surface area contributed by atoms with Gasteiger partial charge in [-0.2, -0.15) is 5.26 Å². The average Bonchev–Trinajstić information content (AvgIpc) is 3.01. The molecule has 1 saturated heterocycles. The van der Waals surface area contributed by atoms with Crippen LogP contribution in [0.15, 0.2) is 24.5 Å². The number of anilines is 3. The van der Waals surface area contributed by atoms with Crippen molar-refractivity contribution in [3.8, 4) is 6.07 Å². The highest BCUT2D eigenvalue weighted by Gasteiger charge is 2.49. The summed E-state index contributed by atoms with van der Waals surface area (Å²) in [6, 6.07) is 4.85. The Morgan fingerprint density at radius 1 is 1.40 bits per heavy atom. The first-order valence-electron chi connectivity index (χ1n) is 10.1. The standard InChI is InChI=1S/C21H24FN7O/c1-3-24-17-8-13(22)7-16-19(17)28-20(30)21(16,2)29-6-4-5-14(12-29)27-15-10-25-18(9-23)26-11-15/h7-8,10-11,14,24,27H,3-6,12H2,1-2H3,(H,28,30)/t14-,21?/m1/s1. The number of likely N-dealkylation sites (tertiary alicyclic amines) is 1. The zero-order valence-electron chi connectivity index (χ0n) is 17.0. The van der Waals surface area contributed by atoms with Crippen LogP contribution in [0.4, 0.5) is 21.5 Å². The van der Waals surface area contributed by atoms with E-state index in [1.807, 2.05) is 19.9 Å². The van der Waals surface area contributed by atoms with Gasteiger partial charge in [-0.25, -0.2) is 14.4 Å². The Kier molecular flexibility index (Phi) is 5.26. The molecule has 1 aromatic carbocycles. The van der Waals surface area contributed by atoms with Gasteiger partial charge in [-0.3, -0.25) is 9.69 Å². The van der Waals surface area contributed by atoms with E-state index in [2.05, 4.69) is 30.8 Å². The smallest absolute Gasteiger partial charge is 0.249 e. The fourth-order valence-corrected chi connectivity index (χ4v) is 4.32. The zero-order chi connectivity index (χ0) is 21.3. The fourth-order valence-electron chi connectivity index (χ4n) is 4.32. The van der Waals surface area contributed by atoms with Gasteiger partial charge in [-0.05, 0) is 45.4 Å². The summed E-state index contributed by atoms with van der Waals surface area (Å²) < 4.78 is 14.4. The molecule has 4 rings (SSSR count). The van der Waals surface area contributed by atoms with Gasteiger partial charge < -0.3 is 16.0 Å². The molecule has 8 nitrogen and oxygen atoms in total. The summed E-state index contributed by atoms with van der Waals surface area (Å²) in [5, 5.41) is 18.3. The van der Waals surface area contributed by atoms with Gasteiger partial charge in [0.1, 0.15) is 17.4 Å². The summed E-state index contributed by atoms with van der Waals surface area (Å²) in [5.74, 6) is -0.394. The van der Waals surface area contributed by atoms with Crippen molar-refractivity contribution in [3.63, 3.8) is 0 Å². The minimum absolute atomic E-state index is 0.0748. The molecule has 2 aromatic rings. The molecule has 9 heteroatoms. The summed E-state index contributed by atoms with van der Waals surface area (Å²) in [6.45, 7) is 5.76. The van der Waals surface area contributed by atoms with Crippen molar-refractivity contribution in [3.05, 3.63) is 41.7 Å². The second-order valence-corrected chi connectivity index (χ2v) is 7.77. The van der Waals surface area contributed by atoms with E-state index in [9.17, 15) is 9.18 Å². The molecule has 2 aliphatic heterocycles. The van der Waals surface area contributed by atoms with Crippen molar-refractivity contribution >= 4 is 23.0 Å². The predicted molar refractivity (Wildman–Crippen MR) is 112 cm³/mol. The lowest BCUT2D eigenvalue weighted by Crippen LogP contribution is -2.55. The fraction of sp³-hybridized carbons (Fsp3) is 0.429. The maximum atomic E-state index is 14.4. The third-order valence-corrected chi connectivity index (χ3v) is 5.85. The van der Waals surface area contributed by atoms with Crippen molar-refractivity contribution in [2.24, 2.45) is 0 Å². The highest BCUT2D eigenvalue weighted by Crippen LogP contribution is 2.45. The SMILES string of the molecule is CCNc1cc(F)cc2c1NC(=O)C2(C)N1CCC[C@@H](Nc2cnc(C#N)nc2)C1. The van der Waals surface area contributed by atoms with E-state index in [-0.39, 0.29) is 23.6 Å². The number of piperidine rings is 1. The molecule has 1 amide bonds. The summed E-state index contributed by atoms with van der Waals surface area (Å²) in [5.41, 5.74) is 1.68. The lowest BCUT2D eigenvalue weighted by molar-refractivity contribution is -0.127. The van der Waals surface area contributed by atoms with E-state index in [1.54, 1.807) is 12.4 Å². The molecule has 0 aliphatic carbocycles. The van der Waals surface area contributed by atoms with Gasteiger partial charge >= 0.3 is 0 Å². The largest absolute Gasteiger partial charge is 0.384 e. The zero-order valence-corrected chi connectivity index (χ0v) is 17.0. The van der Waals surface area contributed by atoms with Gasteiger partial charge in [0.25, 0.3) is 0 Å². The first-order chi connectivity index (χ1) is 14.5. The maximum absolute atomic E-state index is 14.4. The number of fused-ring (bicyclic) bond motifs is 1. The number of nitrogens with zero attached hydrogens (tertiary/aromatic N) is 4. The highest BCUT2D eigenvalue weighted by atomic mass is 19.1. The van der Waals surface area contributed by atoms with Crippen molar-refractivity contribution in [1.29, 1.82) is 5.26 Å². The molecule has 2 atom stereocenters. The lowest BCUT2D eigenvalue weighted by atomic mass is 9.88. The normalized spacial score (nSPS) is 23.4. The molecule has 30 heavy (non-hydrogen) atoms. The van der Waals surface area contributed by atoms with E-state index in [0.717, 1.165) is 25.1 Å². The first-order valence-corrected chi connectivity index (χ1v) is 10.1. The third kappa shape index (κ3) is 3.44. The van der Waals surface area contributed by atoms with Gasteiger partial charge in [0.2, 0.25) is 11.7 Å². The van der Waals surface area contributed by atoms with E-state index in [1.165, 1.54) is 12.1 Å². The number of aromatic nitrogens is 2. The molecule has 156 valence electrons. The van der Waals surface area contributed by atoms with E-state index >= 15 is 0 Å². The third-order valence-electron chi connectivity index (χ3n) is 5.85. The molecular weight excluding hydrogens is 385 g/mol. The number of nitriles is 1. The van der Waals surface area contributed by atoms with Crippen LogP contribution < -0.4 is 16.0 Å². The lowest BCUT2D eigenvalue weighted by Gasteiger charge is -2.42. The van der Waals surface area contributed by atoms with Crippen LogP contribution in [0.3, 0.4) is 0 Å². The number of nitrogens with one attached hydrogen (secondary N) is 3. The van der Waals surface area contributed by atoms with E-state index in [0.29, 0.717) is 30.0 Å². The molecule has 0 saturated carbocycles. The number of hydrogen-bond donors (Lipinski definition) is 3. The van der Waals surface area contributed by atoms with Crippen molar-refractivity contribution in [2.75, 3.05) is 35.6 Å². The number of carbonyl (C=O) groups excluding carboxylic acids is 1. The number of halogens is 1. The number of amides is 1. The monoisotopic (exact) mass is 409 g/mol. The topological polar surface area (TPSA) is 106 Å². The average molecular weight is 409 g/mol. The van der Waals surface area contributed by atoms with Gasteiger partial charge in [-0.15, -0.1) is 0 Å². The van der Waals surface area contributed by atoms with Crippen LogP contribution in [0, 0.1) is 17.1 Å². The number of hydrogen-bond acceptors (Lipinski definition) is 7. The molecule has 1 fully saturated rings. The van der Waals surface area contributed by atoms with E-state index < -0.39 is 5.54 Å². The minimum atomic E-state index is -0.955. The Morgan fingerprint density at radius 2 is 2.17 bits per heavy atom. The summed E-state index contributed by atoms with van der Waals surface area (Å²) >= 11 is 0. The van der Waals surface area contributed by atoms with Crippen molar-refractivity contribution < 1.29 is 9.18 Å². The molecule has 2 aliphatic rings. The maximum Gasteiger partial charge on any atom is 0.249 e. The first kappa shape index (κ1) is 20.0. The van der Waals surface area contributed by atoms with Crippen LogP contribution in [0.5, 0.6) is 0 Å². The van der Waals surface area contributed by atoms with Gasteiger partial charge in [-0.1, -0.05) is 0 Å². The van der Waals surface area contributed by atoms with Crippen LogP contribution in [-0.4, -0.2) is 46.5 Å². The summed E-state index contributed by atoms with van der Waals surface area (Å²) in [7, 11) is 0. The number of rotatable bonds is 5. The molecule has 3 heterocycles. The Labute approximate surface area is 174 Å². The quantitative estimate of drug-likeness (QED) is 0.697. The van der Waals surface area contributed by atoms with Crippen LogP contribution in [-0.2, 0) is 10.3 Å². The molecular formula is C21H24FN7O. The molecule has 0 spiro atoms. The van der Waals surface area contributed by atoms with Crippen LogP contribution in [0.1, 0.15) is 38.1 Å². The number of carbonyl (C=O) groups is 1. The van der Waals surface area contributed by atoms with Crippen LogP contribution in [0.2, 0.25) is 0 Å². The molecule has 3 N–H and O–H groups in total. The predicted octanol–water partition coefficient (Wildman–Crippen LogP) is 2.66. The second-order valence-electron chi connectivity index (χ2n) is 7.77. The van der Waals surface area contributed by atoms with Gasteiger partial charge in [0.05, 0.1) is 29.5 Å². The molecule has 0 bridgehead atoms. The Hall–Kier alpha value is -3.25. The van der Waals surface area contributed by atoms with Crippen molar-refractivity contribution in [2.45, 2.75) is 38.3 Å². The van der Waals surface area contributed by atoms with Crippen LogP contribution in [0.25, 0.3) is 0 Å². The molecule has 0 radical (unpaired) electrons. The Bertz CT molecular complexity index is 1000.